The normalized spacial score (nSPS) is 12.2. The highest BCUT2D eigenvalue weighted by Crippen LogP contribution is 2.31. The Hall–Kier alpha value is -2.00. The summed E-state index contributed by atoms with van der Waals surface area (Å²) in [6.07, 6.45) is 1.93. The van der Waals surface area contributed by atoms with E-state index in [0.29, 0.717) is 0 Å². The molecular weight excluding hydrogens is 300 g/mol. The molecule has 0 amide bonds. The number of hydrogen-bond acceptors (Lipinski definition) is 2. The topological polar surface area (TPSA) is 18.5 Å². The first-order valence-corrected chi connectivity index (χ1v) is 11.3. The molecular formula is C20H26O2Si. The Balaban J connectivity index is 2.55. The summed E-state index contributed by atoms with van der Waals surface area (Å²) in [5.41, 5.74) is 5.71. The summed E-state index contributed by atoms with van der Waals surface area (Å²) in [5, 5.41) is 0. The first-order chi connectivity index (χ1) is 10.8. The Morgan fingerprint density at radius 2 is 1.48 bits per heavy atom. The van der Waals surface area contributed by atoms with E-state index in [9.17, 15) is 0 Å². The third-order valence-electron chi connectivity index (χ3n) is 3.59. The molecule has 122 valence electrons. The lowest BCUT2D eigenvalue weighted by Gasteiger charge is -2.19. The van der Waals surface area contributed by atoms with Gasteiger partial charge in [0.2, 0.25) is 8.32 Å². The van der Waals surface area contributed by atoms with Crippen LogP contribution in [0.3, 0.4) is 0 Å². The average molecular weight is 327 g/mol. The summed E-state index contributed by atoms with van der Waals surface area (Å²) in [5.74, 6) is 0.951. The summed E-state index contributed by atoms with van der Waals surface area (Å²) in [7, 11) is 0.0877. The minimum absolute atomic E-state index is 0.951. The van der Waals surface area contributed by atoms with Crippen LogP contribution in [0.25, 0.3) is 5.57 Å². The maximum Gasteiger partial charge on any atom is 0.241 e. The zero-order chi connectivity index (χ0) is 17.0. The van der Waals surface area contributed by atoms with E-state index in [4.69, 9.17) is 9.16 Å². The SMILES string of the molecule is COc1c(C)cc(C(=CO[Si](C)(C)C)c2ccccc2)cc1C. The lowest BCUT2D eigenvalue weighted by atomic mass is 9.95. The van der Waals surface area contributed by atoms with Crippen LogP contribution in [0.1, 0.15) is 22.3 Å². The average Bonchev–Trinajstić information content (AvgIpc) is 2.47. The van der Waals surface area contributed by atoms with E-state index in [-0.39, 0.29) is 0 Å². The van der Waals surface area contributed by atoms with Gasteiger partial charge in [-0.2, -0.15) is 0 Å². The monoisotopic (exact) mass is 326 g/mol. The molecule has 2 nitrogen and oxygen atoms in total. The van der Waals surface area contributed by atoms with Gasteiger partial charge in [-0.25, -0.2) is 0 Å². The van der Waals surface area contributed by atoms with Crippen LogP contribution in [-0.2, 0) is 4.43 Å². The molecule has 0 atom stereocenters. The number of benzene rings is 2. The molecule has 2 rings (SSSR count). The standard InChI is InChI=1S/C20H26O2Si/c1-15-12-18(13-16(2)20(15)21-3)19(14-22-23(4,5)6)17-10-8-7-9-11-17/h7-14H,1-6H3. The van der Waals surface area contributed by atoms with Crippen molar-refractivity contribution < 1.29 is 9.16 Å². The molecule has 0 heterocycles. The smallest absolute Gasteiger partial charge is 0.241 e. The highest BCUT2D eigenvalue weighted by molar-refractivity contribution is 6.69. The first kappa shape index (κ1) is 17.4. The zero-order valence-electron chi connectivity index (χ0n) is 14.9. The quantitative estimate of drug-likeness (QED) is 0.529. The van der Waals surface area contributed by atoms with E-state index >= 15 is 0 Å². The minimum Gasteiger partial charge on any atom is -0.549 e. The Morgan fingerprint density at radius 1 is 0.913 bits per heavy atom. The Kier molecular flexibility index (Phi) is 5.32. The van der Waals surface area contributed by atoms with E-state index in [0.717, 1.165) is 33.6 Å². The van der Waals surface area contributed by atoms with Crippen molar-refractivity contribution in [1.29, 1.82) is 0 Å². The highest BCUT2D eigenvalue weighted by Gasteiger charge is 2.16. The number of hydrogen-bond donors (Lipinski definition) is 0. The van der Waals surface area contributed by atoms with Gasteiger partial charge in [0.25, 0.3) is 0 Å². The molecule has 0 spiro atoms. The maximum atomic E-state index is 6.08. The van der Waals surface area contributed by atoms with Gasteiger partial charge in [0.05, 0.1) is 13.4 Å². The van der Waals surface area contributed by atoms with E-state index in [2.05, 4.69) is 69.9 Å². The fourth-order valence-corrected chi connectivity index (χ4v) is 3.06. The summed E-state index contributed by atoms with van der Waals surface area (Å²) >= 11 is 0. The van der Waals surface area contributed by atoms with Crippen LogP contribution < -0.4 is 4.74 Å². The second-order valence-corrected chi connectivity index (χ2v) is 11.2. The van der Waals surface area contributed by atoms with E-state index in [1.54, 1.807) is 7.11 Å². The van der Waals surface area contributed by atoms with Gasteiger partial charge in [-0.3, -0.25) is 0 Å². The van der Waals surface area contributed by atoms with Crippen molar-refractivity contribution in [2.45, 2.75) is 33.5 Å². The molecule has 0 saturated carbocycles. The van der Waals surface area contributed by atoms with Crippen molar-refractivity contribution >= 4 is 13.9 Å². The molecule has 23 heavy (non-hydrogen) atoms. The number of aryl methyl sites for hydroxylation is 2. The summed E-state index contributed by atoms with van der Waals surface area (Å²) in [4.78, 5) is 0. The van der Waals surface area contributed by atoms with Crippen LogP contribution in [0.2, 0.25) is 19.6 Å². The number of ether oxygens (including phenoxy) is 1. The second kappa shape index (κ2) is 7.05. The van der Waals surface area contributed by atoms with Crippen LogP contribution in [-0.4, -0.2) is 15.4 Å². The molecule has 0 fully saturated rings. The molecule has 0 radical (unpaired) electrons. The lowest BCUT2D eigenvalue weighted by molar-refractivity contribution is 0.408. The lowest BCUT2D eigenvalue weighted by Crippen LogP contribution is -2.22. The summed E-state index contributed by atoms with van der Waals surface area (Å²) in [6.45, 7) is 10.7. The predicted molar refractivity (Wildman–Crippen MR) is 100 cm³/mol. The highest BCUT2D eigenvalue weighted by atomic mass is 28.4. The fraction of sp³-hybridized carbons (Fsp3) is 0.300. The van der Waals surface area contributed by atoms with Gasteiger partial charge < -0.3 is 9.16 Å². The van der Waals surface area contributed by atoms with Crippen LogP contribution >= 0.6 is 0 Å². The van der Waals surface area contributed by atoms with Gasteiger partial charge in [-0.15, -0.1) is 0 Å². The van der Waals surface area contributed by atoms with Crippen molar-refractivity contribution in [3.8, 4) is 5.75 Å². The summed E-state index contributed by atoms with van der Waals surface area (Å²) < 4.78 is 11.6. The van der Waals surface area contributed by atoms with Gasteiger partial charge in [0.15, 0.2) is 0 Å². The fourth-order valence-electron chi connectivity index (χ4n) is 2.58. The van der Waals surface area contributed by atoms with E-state index in [1.165, 1.54) is 0 Å². The largest absolute Gasteiger partial charge is 0.549 e. The van der Waals surface area contributed by atoms with Gasteiger partial charge in [-0.1, -0.05) is 30.3 Å². The number of rotatable bonds is 5. The van der Waals surface area contributed by atoms with Crippen molar-refractivity contribution in [3.05, 3.63) is 71.0 Å². The van der Waals surface area contributed by atoms with E-state index < -0.39 is 8.32 Å². The molecule has 3 heteroatoms. The molecule has 0 unspecified atom stereocenters. The number of methoxy groups -OCH3 is 1. The maximum absolute atomic E-state index is 6.08. The van der Waals surface area contributed by atoms with Crippen molar-refractivity contribution in [2.75, 3.05) is 7.11 Å². The van der Waals surface area contributed by atoms with Gasteiger partial charge in [0, 0.05) is 5.57 Å². The molecule has 0 N–H and O–H groups in total. The molecule has 0 aliphatic rings. The third-order valence-corrected chi connectivity index (χ3v) is 4.42. The molecule has 0 bridgehead atoms. The van der Waals surface area contributed by atoms with Crippen molar-refractivity contribution in [2.24, 2.45) is 0 Å². The van der Waals surface area contributed by atoms with Crippen LogP contribution in [0, 0.1) is 13.8 Å². The third kappa shape index (κ3) is 4.49. The van der Waals surface area contributed by atoms with Crippen molar-refractivity contribution in [3.63, 3.8) is 0 Å². The Bertz CT molecular complexity index is 674. The molecule has 2 aromatic carbocycles. The molecule has 0 saturated heterocycles. The second-order valence-electron chi connectivity index (χ2n) is 6.77. The predicted octanol–water partition coefficient (Wildman–Crippen LogP) is 5.55. The van der Waals surface area contributed by atoms with Gasteiger partial charge in [-0.05, 0) is 67.9 Å². The van der Waals surface area contributed by atoms with Crippen LogP contribution in [0.15, 0.2) is 48.7 Å². The molecule has 2 aromatic rings. The molecule has 0 aromatic heterocycles. The Morgan fingerprint density at radius 3 is 1.96 bits per heavy atom. The van der Waals surface area contributed by atoms with Crippen molar-refractivity contribution in [1.82, 2.24) is 0 Å². The van der Waals surface area contributed by atoms with Gasteiger partial charge >= 0.3 is 0 Å². The van der Waals surface area contributed by atoms with Gasteiger partial charge in [0.1, 0.15) is 5.75 Å². The Labute approximate surface area is 140 Å². The van der Waals surface area contributed by atoms with Crippen LogP contribution in [0.4, 0.5) is 0 Å². The summed E-state index contributed by atoms with van der Waals surface area (Å²) in [6, 6.07) is 14.7. The minimum atomic E-state index is -1.63. The molecule has 0 aliphatic carbocycles. The molecule has 0 aliphatic heterocycles. The van der Waals surface area contributed by atoms with E-state index in [1.807, 2.05) is 12.3 Å². The first-order valence-electron chi connectivity index (χ1n) is 7.91. The van der Waals surface area contributed by atoms with Crippen LogP contribution in [0.5, 0.6) is 5.75 Å². The zero-order valence-corrected chi connectivity index (χ0v) is 15.9.